The fraction of sp³-hybridized carbons (Fsp3) is 0.909. The van der Waals surface area contributed by atoms with Crippen LogP contribution < -0.4 is 4.72 Å². The molecule has 0 aromatic heterocycles. The maximum Gasteiger partial charge on any atom is 0.336 e. The molecule has 0 bridgehead atoms. The predicted molar refractivity (Wildman–Crippen MR) is 69.5 cm³/mol. The molecule has 0 radical (unpaired) electrons. The van der Waals surface area contributed by atoms with Crippen LogP contribution in [0.15, 0.2) is 0 Å². The largest absolute Gasteiger partial charge is 0.467 e. The Hall–Kier alpha value is -0.700. The van der Waals surface area contributed by atoms with E-state index in [0.29, 0.717) is 24.9 Å². The maximum absolute atomic E-state index is 12.0. The quantitative estimate of drug-likeness (QED) is 0.656. The first-order valence-electron chi connectivity index (χ1n) is 6.27. The van der Waals surface area contributed by atoms with Gasteiger partial charge in [-0.1, -0.05) is 13.8 Å². The zero-order chi connectivity index (χ0) is 14.6. The number of nitrogens with one attached hydrogen (secondary N) is 1. The zero-order valence-electron chi connectivity index (χ0n) is 11.5. The Morgan fingerprint density at radius 2 is 1.95 bits per heavy atom. The smallest absolute Gasteiger partial charge is 0.336 e. The molecule has 0 spiro atoms. The van der Waals surface area contributed by atoms with Crippen LogP contribution in [0, 0.1) is 11.8 Å². The highest BCUT2D eigenvalue weighted by atomic mass is 32.2. The van der Waals surface area contributed by atoms with Crippen LogP contribution in [0.3, 0.4) is 0 Å². The van der Waals surface area contributed by atoms with Crippen LogP contribution in [0.5, 0.6) is 0 Å². The summed E-state index contributed by atoms with van der Waals surface area (Å²) in [7, 11) is -2.54. The summed E-state index contributed by atoms with van der Waals surface area (Å²) in [5, 5.41) is 9.36. The van der Waals surface area contributed by atoms with Crippen LogP contribution >= 0.6 is 0 Å². The lowest BCUT2D eigenvalue weighted by atomic mass is 9.94. The first kappa shape index (κ1) is 16.4. The van der Waals surface area contributed by atoms with Crippen molar-refractivity contribution in [2.24, 2.45) is 11.8 Å². The maximum atomic E-state index is 12.0. The van der Waals surface area contributed by atoms with Gasteiger partial charge in [-0.05, 0) is 18.3 Å². The highest BCUT2D eigenvalue weighted by molar-refractivity contribution is 7.87. The third-order valence-corrected chi connectivity index (χ3v) is 4.62. The summed E-state index contributed by atoms with van der Waals surface area (Å²) in [6.07, 6.45) is -0.490. The molecule has 19 heavy (non-hydrogen) atoms. The van der Waals surface area contributed by atoms with E-state index in [1.54, 1.807) is 0 Å². The molecule has 0 aromatic rings. The first-order chi connectivity index (χ1) is 8.76. The molecule has 3 atom stereocenters. The molecule has 7 nitrogen and oxygen atoms in total. The Balaban J connectivity index is 2.58. The van der Waals surface area contributed by atoms with Crippen molar-refractivity contribution in [3.63, 3.8) is 0 Å². The summed E-state index contributed by atoms with van der Waals surface area (Å²) in [6, 6.07) is 0. The number of esters is 1. The van der Waals surface area contributed by atoms with Crippen molar-refractivity contribution in [1.82, 2.24) is 9.03 Å². The van der Waals surface area contributed by atoms with E-state index in [0.717, 1.165) is 13.5 Å². The van der Waals surface area contributed by atoms with Gasteiger partial charge in [0.15, 0.2) is 6.10 Å². The topological polar surface area (TPSA) is 95.9 Å². The molecule has 0 unspecified atom stereocenters. The van der Waals surface area contributed by atoms with E-state index in [-0.39, 0.29) is 6.54 Å². The number of carbonyl (C=O) groups excluding carboxylic acids is 1. The summed E-state index contributed by atoms with van der Waals surface area (Å²) in [5.41, 5.74) is 0. The number of hydrogen-bond acceptors (Lipinski definition) is 5. The van der Waals surface area contributed by atoms with Gasteiger partial charge in [0, 0.05) is 19.6 Å². The molecule has 1 rings (SSSR count). The van der Waals surface area contributed by atoms with E-state index in [2.05, 4.69) is 9.46 Å². The van der Waals surface area contributed by atoms with Crippen LogP contribution in [0.2, 0.25) is 0 Å². The predicted octanol–water partition coefficient (Wildman–Crippen LogP) is -0.667. The van der Waals surface area contributed by atoms with E-state index in [9.17, 15) is 18.3 Å². The molecule has 0 amide bonds. The van der Waals surface area contributed by atoms with Gasteiger partial charge in [-0.3, -0.25) is 0 Å². The minimum atomic E-state index is -3.67. The average Bonchev–Trinajstić information content (AvgIpc) is 2.33. The highest BCUT2D eigenvalue weighted by Gasteiger charge is 2.31. The summed E-state index contributed by atoms with van der Waals surface area (Å²) < 4.78 is 32.0. The van der Waals surface area contributed by atoms with Crippen LogP contribution in [-0.4, -0.2) is 56.6 Å². The number of aliphatic hydroxyl groups is 1. The molecule has 1 heterocycles. The monoisotopic (exact) mass is 294 g/mol. The van der Waals surface area contributed by atoms with Crippen LogP contribution in [-0.2, 0) is 19.7 Å². The number of carbonyl (C=O) groups is 1. The Bertz CT molecular complexity index is 401. The SMILES string of the molecule is COC(=O)[C@H](O)CNS(=O)(=O)N1C[C@@H](C)C[C@H](C)C1. The molecule has 0 aromatic carbocycles. The van der Waals surface area contributed by atoms with Crippen molar-refractivity contribution < 1.29 is 23.1 Å². The zero-order valence-corrected chi connectivity index (χ0v) is 12.3. The van der Waals surface area contributed by atoms with E-state index in [1.165, 1.54) is 4.31 Å². The van der Waals surface area contributed by atoms with Gasteiger partial charge in [-0.2, -0.15) is 17.4 Å². The van der Waals surface area contributed by atoms with Crippen molar-refractivity contribution in [1.29, 1.82) is 0 Å². The molecule has 1 aliphatic rings. The third kappa shape index (κ3) is 4.72. The van der Waals surface area contributed by atoms with Gasteiger partial charge in [0.25, 0.3) is 10.2 Å². The molecule has 0 saturated carbocycles. The van der Waals surface area contributed by atoms with Crippen LogP contribution in [0.1, 0.15) is 20.3 Å². The lowest BCUT2D eigenvalue weighted by Gasteiger charge is -2.34. The van der Waals surface area contributed by atoms with Gasteiger partial charge >= 0.3 is 5.97 Å². The Morgan fingerprint density at radius 3 is 2.42 bits per heavy atom. The molecule has 1 saturated heterocycles. The second-order valence-corrected chi connectivity index (χ2v) is 6.91. The fourth-order valence-corrected chi connectivity index (χ4v) is 3.75. The Morgan fingerprint density at radius 1 is 1.42 bits per heavy atom. The van der Waals surface area contributed by atoms with E-state index >= 15 is 0 Å². The van der Waals surface area contributed by atoms with E-state index in [1.807, 2.05) is 13.8 Å². The average molecular weight is 294 g/mol. The number of hydrogen-bond donors (Lipinski definition) is 2. The lowest BCUT2D eigenvalue weighted by Crippen LogP contribution is -2.50. The first-order valence-corrected chi connectivity index (χ1v) is 7.71. The second kappa shape index (κ2) is 6.65. The van der Waals surface area contributed by atoms with Crippen LogP contribution in [0.4, 0.5) is 0 Å². The van der Waals surface area contributed by atoms with Gasteiger partial charge in [0.1, 0.15) is 0 Å². The molecular weight excluding hydrogens is 272 g/mol. The van der Waals surface area contributed by atoms with Gasteiger partial charge in [0.05, 0.1) is 7.11 Å². The lowest BCUT2D eigenvalue weighted by molar-refractivity contribution is -0.149. The standard InChI is InChI=1S/C11H22N2O5S/c1-8-4-9(2)7-13(6-8)19(16,17)12-5-10(14)11(15)18-3/h8-10,12,14H,4-7H2,1-3H3/t8-,9-,10+/m0/s1. The molecule has 112 valence electrons. The minimum absolute atomic E-state index is 0.297. The van der Waals surface area contributed by atoms with Crippen molar-refractivity contribution >= 4 is 16.2 Å². The minimum Gasteiger partial charge on any atom is -0.467 e. The summed E-state index contributed by atoms with van der Waals surface area (Å²) in [5.74, 6) is -0.264. The number of methoxy groups -OCH3 is 1. The van der Waals surface area contributed by atoms with Gasteiger partial charge in [-0.15, -0.1) is 0 Å². The normalized spacial score (nSPS) is 26.9. The number of rotatable bonds is 5. The summed E-state index contributed by atoms with van der Waals surface area (Å²) in [4.78, 5) is 11.0. The number of nitrogens with zero attached hydrogens (tertiary/aromatic N) is 1. The molecule has 2 N–H and O–H groups in total. The number of aliphatic hydroxyl groups excluding tert-OH is 1. The molecule has 1 aliphatic heterocycles. The van der Waals surface area contributed by atoms with Gasteiger partial charge < -0.3 is 9.84 Å². The second-order valence-electron chi connectivity index (χ2n) is 5.16. The molecular formula is C11H22N2O5S. The molecule has 0 aliphatic carbocycles. The Labute approximate surface area is 114 Å². The van der Waals surface area contributed by atoms with Gasteiger partial charge in [0.2, 0.25) is 0 Å². The van der Waals surface area contributed by atoms with E-state index < -0.39 is 22.3 Å². The Kier molecular flexibility index (Phi) is 5.72. The number of piperidine rings is 1. The van der Waals surface area contributed by atoms with Crippen molar-refractivity contribution in [2.75, 3.05) is 26.7 Å². The molecule has 1 fully saturated rings. The fourth-order valence-electron chi connectivity index (χ4n) is 2.30. The summed E-state index contributed by atoms with van der Waals surface area (Å²) in [6.45, 7) is 4.53. The van der Waals surface area contributed by atoms with E-state index in [4.69, 9.17) is 0 Å². The van der Waals surface area contributed by atoms with Crippen molar-refractivity contribution in [2.45, 2.75) is 26.4 Å². The van der Waals surface area contributed by atoms with Crippen molar-refractivity contribution in [3.05, 3.63) is 0 Å². The number of ether oxygens (including phenoxy) is 1. The van der Waals surface area contributed by atoms with Crippen molar-refractivity contribution in [3.8, 4) is 0 Å². The third-order valence-electron chi connectivity index (χ3n) is 3.11. The van der Waals surface area contributed by atoms with Crippen LogP contribution in [0.25, 0.3) is 0 Å². The molecule has 8 heteroatoms. The summed E-state index contributed by atoms with van der Waals surface area (Å²) >= 11 is 0. The highest BCUT2D eigenvalue weighted by Crippen LogP contribution is 2.22. The van der Waals surface area contributed by atoms with Gasteiger partial charge in [-0.25, -0.2) is 4.79 Å².